The van der Waals surface area contributed by atoms with E-state index < -0.39 is 5.97 Å². The Morgan fingerprint density at radius 2 is 1.91 bits per heavy atom. The molecule has 0 spiro atoms. The number of halogens is 1. The molecule has 9 heteroatoms. The molecular formula is C23H20ClN3O4S. The number of benzene rings is 2. The van der Waals surface area contributed by atoms with E-state index in [0.29, 0.717) is 37.4 Å². The number of thiazole rings is 1. The predicted octanol–water partition coefficient (Wildman–Crippen LogP) is 5.55. The lowest BCUT2D eigenvalue weighted by atomic mass is 10.1. The van der Waals surface area contributed by atoms with E-state index in [0.717, 1.165) is 22.3 Å². The number of esters is 1. The van der Waals surface area contributed by atoms with Gasteiger partial charge >= 0.3 is 5.97 Å². The van der Waals surface area contributed by atoms with Gasteiger partial charge in [-0.3, -0.25) is 5.43 Å². The van der Waals surface area contributed by atoms with Gasteiger partial charge in [-0.25, -0.2) is 9.78 Å². The van der Waals surface area contributed by atoms with Crippen LogP contribution in [0.1, 0.15) is 20.9 Å². The van der Waals surface area contributed by atoms with Gasteiger partial charge in [0.2, 0.25) is 5.13 Å². The Kier molecular flexibility index (Phi) is 6.16. The zero-order chi connectivity index (χ0) is 22.8. The van der Waals surface area contributed by atoms with Crippen LogP contribution in [-0.4, -0.2) is 25.2 Å². The van der Waals surface area contributed by atoms with Gasteiger partial charge < -0.3 is 13.9 Å². The van der Waals surface area contributed by atoms with Gasteiger partial charge in [0.05, 0.1) is 25.3 Å². The minimum absolute atomic E-state index is 0.427. The van der Waals surface area contributed by atoms with Crippen molar-refractivity contribution in [1.82, 2.24) is 4.98 Å². The Hall–Kier alpha value is -3.36. The topological polar surface area (TPSA) is 86.0 Å². The molecule has 0 fully saturated rings. The van der Waals surface area contributed by atoms with E-state index in [4.69, 9.17) is 25.5 Å². The first-order valence-electron chi connectivity index (χ1n) is 9.63. The summed E-state index contributed by atoms with van der Waals surface area (Å²) >= 11 is 7.54. The molecule has 0 radical (unpaired) electrons. The second-order valence-corrected chi connectivity index (χ2v) is 8.38. The van der Waals surface area contributed by atoms with Crippen molar-refractivity contribution in [3.8, 4) is 17.1 Å². The quantitative estimate of drug-likeness (QED) is 0.304. The fourth-order valence-corrected chi connectivity index (χ4v) is 4.10. The molecule has 0 unspecified atom stereocenters. The van der Waals surface area contributed by atoms with Gasteiger partial charge in [0.25, 0.3) is 0 Å². The van der Waals surface area contributed by atoms with Gasteiger partial charge in [0.1, 0.15) is 22.0 Å². The molecule has 2 aromatic heterocycles. The fraction of sp³-hybridized carbons (Fsp3) is 0.174. The first-order valence-corrected chi connectivity index (χ1v) is 10.8. The Balaban J connectivity index is 1.82. The summed E-state index contributed by atoms with van der Waals surface area (Å²) in [6, 6.07) is 13.1. The van der Waals surface area contributed by atoms with Crippen LogP contribution in [0, 0.1) is 13.8 Å². The molecule has 4 rings (SSSR count). The Morgan fingerprint density at radius 3 is 2.59 bits per heavy atom. The third-order valence-corrected chi connectivity index (χ3v) is 6.29. The number of ether oxygens (including phenoxy) is 2. The van der Waals surface area contributed by atoms with Crippen LogP contribution in [0.15, 0.2) is 52.0 Å². The second-order valence-electron chi connectivity index (χ2n) is 6.97. The minimum atomic E-state index is -0.430. The number of carbonyl (C=O) groups excluding carboxylic acids is 1. The van der Waals surface area contributed by atoms with Crippen molar-refractivity contribution in [1.29, 1.82) is 0 Å². The summed E-state index contributed by atoms with van der Waals surface area (Å²) in [6.45, 7) is 3.66. The number of rotatable bonds is 5. The summed E-state index contributed by atoms with van der Waals surface area (Å²) in [4.78, 5) is 16.6. The molecule has 0 amide bonds. The number of aromatic nitrogens is 1. The number of nitrogens with one attached hydrogen (secondary N) is 1. The van der Waals surface area contributed by atoms with Gasteiger partial charge in [0, 0.05) is 22.0 Å². The summed E-state index contributed by atoms with van der Waals surface area (Å²) in [5.74, 6) is 0.957. The SMILES string of the molecule is COC(=O)c1sc(N/N=c2\cc(-c3ccc(OC)cc3)oc3cc(C)c(Cl)cc23)nc1C. The van der Waals surface area contributed by atoms with Gasteiger partial charge in [0.15, 0.2) is 0 Å². The van der Waals surface area contributed by atoms with Crippen LogP contribution >= 0.6 is 22.9 Å². The van der Waals surface area contributed by atoms with Crippen molar-refractivity contribution < 1.29 is 18.7 Å². The van der Waals surface area contributed by atoms with E-state index in [1.165, 1.54) is 18.4 Å². The highest BCUT2D eigenvalue weighted by Gasteiger charge is 2.15. The van der Waals surface area contributed by atoms with Crippen LogP contribution in [0.3, 0.4) is 0 Å². The highest BCUT2D eigenvalue weighted by atomic mass is 35.5. The van der Waals surface area contributed by atoms with Crippen molar-refractivity contribution in [3.05, 3.63) is 69.0 Å². The maximum absolute atomic E-state index is 11.9. The zero-order valence-electron chi connectivity index (χ0n) is 17.9. The van der Waals surface area contributed by atoms with Crippen LogP contribution in [-0.2, 0) is 4.74 Å². The molecule has 1 N–H and O–H groups in total. The first-order chi connectivity index (χ1) is 15.4. The molecule has 7 nitrogen and oxygen atoms in total. The summed E-state index contributed by atoms with van der Waals surface area (Å²) in [5.41, 5.74) is 5.93. The number of carbonyl (C=O) groups is 1. The Bertz CT molecular complexity index is 1380. The van der Waals surface area contributed by atoms with E-state index in [9.17, 15) is 4.79 Å². The monoisotopic (exact) mass is 469 g/mol. The largest absolute Gasteiger partial charge is 0.497 e. The molecule has 0 aliphatic heterocycles. The van der Waals surface area contributed by atoms with Crippen molar-refractivity contribution in [2.45, 2.75) is 13.8 Å². The summed E-state index contributed by atoms with van der Waals surface area (Å²) < 4.78 is 16.2. The van der Waals surface area contributed by atoms with Gasteiger partial charge in [-0.15, -0.1) is 0 Å². The number of nitrogens with zero attached hydrogens (tertiary/aromatic N) is 2. The highest BCUT2D eigenvalue weighted by molar-refractivity contribution is 7.17. The van der Waals surface area contributed by atoms with E-state index in [-0.39, 0.29) is 0 Å². The number of fused-ring (bicyclic) bond motifs is 1. The van der Waals surface area contributed by atoms with Crippen LogP contribution in [0.4, 0.5) is 5.13 Å². The number of anilines is 1. The number of methoxy groups -OCH3 is 2. The minimum Gasteiger partial charge on any atom is -0.497 e. The van der Waals surface area contributed by atoms with Crippen LogP contribution in [0.5, 0.6) is 5.75 Å². The molecule has 0 saturated heterocycles. The number of hydrogen-bond donors (Lipinski definition) is 1. The average Bonchev–Trinajstić information content (AvgIpc) is 3.18. The molecular weight excluding hydrogens is 450 g/mol. The van der Waals surface area contributed by atoms with Crippen molar-refractivity contribution in [3.63, 3.8) is 0 Å². The molecule has 4 aromatic rings. The van der Waals surface area contributed by atoms with Gasteiger partial charge in [-0.05, 0) is 55.8 Å². The lowest BCUT2D eigenvalue weighted by molar-refractivity contribution is 0.0605. The maximum atomic E-state index is 11.9. The lowest BCUT2D eigenvalue weighted by Gasteiger charge is -2.08. The lowest BCUT2D eigenvalue weighted by Crippen LogP contribution is -2.07. The summed E-state index contributed by atoms with van der Waals surface area (Å²) in [7, 11) is 2.96. The van der Waals surface area contributed by atoms with E-state index in [2.05, 4.69) is 15.5 Å². The first kappa shape index (κ1) is 21.9. The maximum Gasteiger partial charge on any atom is 0.350 e. The number of hydrogen-bond acceptors (Lipinski definition) is 8. The molecule has 2 heterocycles. The standard InChI is InChI=1S/C23H20ClN3O4S/c1-12-9-20-16(10-17(12)24)18(11-19(31-20)14-5-7-15(29-3)8-6-14)26-27-23-25-13(2)21(32-23)22(28)30-4/h5-11H,1-4H3,(H,25,27)/b26-18+. The van der Waals surface area contributed by atoms with Crippen molar-refractivity contribution >= 4 is 45.0 Å². The Labute approximate surface area is 193 Å². The Morgan fingerprint density at radius 1 is 1.16 bits per heavy atom. The average molecular weight is 470 g/mol. The predicted molar refractivity (Wildman–Crippen MR) is 125 cm³/mol. The highest BCUT2D eigenvalue weighted by Crippen LogP contribution is 2.28. The molecule has 32 heavy (non-hydrogen) atoms. The van der Waals surface area contributed by atoms with E-state index in [1.807, 2.05) is 49.4 Å². The van der Waals surface area contributed by atoms with Crippen LogP contribution in [0.2, 0.25) is 5.02 Å². The molecule has 0 saturated carbocycles. The molecule has 164 valence electrons. The van der Waals surface area contributed by atoms with Gasteiger partial charge in [-0.1, -0.05) is 22.9 Å². The third-order valence-electron chi connectivity index (χ3n) is 4.84. The summed E-state index contributed by atoms with van der Waals surface area (Å²) in [6.07, 6.45) is 0. The molecule has 0 bridgehead atoms. The normalized spacial score (nSPS) is 11.6. The van der Waals surface area contributed by atoms with Crippen molar-refractivity contribution in [2.75, 3.05) is 19.6 Å². The van der Waals surface area contributed by atoms with Crippen LogP contribution in [0.25, 0.3) is 22.3 Å². The third kappa shape index (κ3) is 4.32. The van der Waals surface area contributed by atoms with Gasteiger partial charge in [-0.2, -0.15) is 5.10 Å². The van der Waals surface area contributed by atoms with Crippen LogP contribution < -0.4 is 15.5 Å². The zero-order valence-corrected chi connectivity index (χ0v) is 19.4. The smallest absolute Gasteiger partial charge is 0.350 e. The molecule has 0 aliphatic rings. The molecule has 0 aliphatic carbocycles. The van der Waals surface area contributed by atoms with E-state index in [1.54, 1.807) is 14.0 Å². The number of aryl methyl sites for hydroxylation is 2. The molecule has 0 atom stereocenters. The summed E-state index contributed by atoms with van der Waals surface area (Å²) in [5, 5.41) is 6.98. The second kappa shape index (κ2) is 9.02. The fourth-order valence-electron chi connectivity index (χ4n) is 3.11. The van der Waals surface area contributed by atoms with E-state index >= 15 is 0 Å². The molecule has 2 aromatic carbocycles. The van der Waals surface area contributed by atoms with Crippen molar-refractivity contribution in [2.24, 2.45) is 5.10 Å².